The van der Waals surface area contributed by atoms with Crippen LogP contribution in [0.3, 0.4) is 0 Å². The van der Waals surface area contributed by atoms with Crippen molar-refractivity contribution in [2.75, 3.05) is 32.7 Å². The fraction of sp³-hybridized carbons (Fsp3) is 1.00. The third-order valence-electron chi connectivity index (χ3n) is 5.28. The van der Waals surface area contributed by atoms with Crippen molar-refractivity contribution in [1.82, 2.24) is 9.80 Å². The maximum Gasteiger partial charge on any atom is 0.0578 e. The molecule has 1 unspecified atom stereocenters. The fourth-order valence-electron chi connectivity index (χ4n) is 3.91. The smallest absolute Gasteiger partial charge is 0.0578 e. The van der Waals surface area contributed by atoms with Crippen molar-refractivity contribution in [3.05, 3.63) is 0 Å². The van der Waals surface area contributed by atoms with Crippen LogP contribution in [0.15, 0.2) is 0 Å². The Bertz CT molecular complexity index is 295. The molecule has 22 heavy (non-hydrogen) atoms. The molecule has 1 atom stereocenters. The molecule has 1 saturated carbocycles. The minimum Gasteiger partial charge on any atom is -0.376 e. The van der Waals surface area contributed by atoms with E-state index in [0.29, 0.717) is 17.6 Å². The first-order valence-electron chi connectivity index (χ1n) is 9.34. The van der Waals surface area contributed by atoms with Gasteiger partial charge >= 0.3 is 0 Å². The summed E-state index contributed by atoms with van der Waals surface area (Å²) in [6, 6.07) is 0. The summed E-state index contributed by atoms with van der Waals surface area (Å²) in [4.78, 5) is 5.11. The van der Waals surface area contributed by atoms with Crippen LogP contribution in [-0.2, 0) is 4.74 Å². The zero-order valence-corrected chi connectivity index (χ0v) is 15.7. The monoisotopic (exact) mass is 328 g/mol. The SMILES string of the molecule is CC(C)OC1CCC(CCCN2CCN(C(C)S)CC2)CC1. The highest BCUT2D eigenvalue weighted by atomic mass is 32.1. The van der Waals surface area contributed by atoms with Gasteiger partial charge in [-0.25, -0.2) is 0 Å². The molecule has 1 aliphatic heterocycles. The van der Waals surface area contributed by atoms with Crippen LogP contribution in [0.5, 0.6) is 0 Å². The Morgan fingerprint density at radius 1 is 1.00 bits per heavy atom. The molecular weight excluding hydrogens is 292 g/mol. The van der Waals surface area contributed by atoms with Gasteiger partial charge in [-0.3, -0.25) is 4.90 Å². The van der Waals surface area contributed by atoms with E-state index >= 15 is 0 Å². The molecule has 2 rings (SSSR count). The van der Waals surface area contributed by atoms with E-state index < -0.39 is 0 Å². The Morgan fingerprint density at radius 3 is 2.18 bits per heavy atom. The highest BCUT2D eigenvalue weighted by Crippen LogP contribution is 2.30. The van der Waals surface area contributed by atoms with Gasteiger partial charge in [-0.05, 0) is 71.8 Å². The van der Waals surface area contributed by atoms with Crippen molar-refractivity contribution in [3.8, 4) is 0 Å². The summed E-state index contributed by atoms with van der Waals surface area (Å²) >= 11 is 4.54. The summed E-state index contributed by atoms with van der Waals surface area (Å²) in [5.41, 5.74) is 0. The van der Waals surface area contributed by atoms with Crippen LogP contribution in [-0.4, -0.2) is 60.1 Å². The number of rotatable bonds is 7. The number of hydrogen-bond acceptors (Lipinski definition) is 4. The Labute approximate surface area is 143 Å². The second-order valence-corrected chi connectivity index (χ2v) is 8.23. The molecule has 2 aliphatic rings. The quantitative estimate of drug-likeness (QED) is 0.719. The van der Waals surface area contributed by atoms with Crippen molar-refractivity contribution in [2.24, 2.45) is 5.92 Å². The fourth-order valence-corrected chi connectivity index (χ4v) is 4.14. The average molecular weight is 329 g/mol. The molecule has 0 N–H and O–H groups in total. The Morgan fingerprint density at radius 2 is 1.64 bits per heavy atom. The van der Waals surface area contributed by atoms with Crippen molar-refractivity contribution in [2.45, 2.75) is 76.9 Å². The van der Waals surface area contributed by atoms with Crippen LogP contribution in [0.1, 0.15) is 59.3 Å². The van der Waals surface area contributed by atoms with E-state index in [-0.39, 0.29) is 0 Å². The van der Waals surface area contributed by atoms with E-state index in [1.807, 2.05) is 0 Å². The van der Waals surface area contributed by atoms with Gasteiger partial charge in [0.15, 0.2) is 0 Å². The van der Waals surface area contributed by atoms with Crippen molar-refractivity contribution in [3.63, 3.8) is 0 Å². The number of hydrogen-bond donors (Lipinski definition) is 1. The van der Waals surface area contributed by atoms with E-state index in [2.05, 4.69) is 43.2 Å². The largest absolute Gasteiger partial charge is 0.376 e. The first-order valence-corrected chi connectivity index (χ1v) is 9.86. The molecule has 1 heterocycles. The average Bonchev–Trinajstić information content (AvgIpc) is 2.49. The van der Waals surface area contributed by atoms with Crippen molar-refractivity contribution >= 4 is 12.6 Å². The van der Waals surface area contributed by atoms with Gasteiger partial charge in [0.1, 0.15) is 0 Å². The third kappa shape index (κ3) is 6.38. The molecule has 4 heteroatoms. The lowest BCUT2D eigenvalue weighted by molar-refractivity contribution is -0.0205. The number of thiol groups is 1. The molecule has 0 aromatic heterocycles. The van der Waals surface area contributed by atoms with Gasteiger partial charge in [0, 0.05) is 31.6 Å². The number of piperazine rings is 1. The molecule has 1 aliphatic carbocycles. The first kappa shape index (κ1) is 18.6. The van der Waals surface area contributed by atoms with Crippen LogP contribution in [0.25, 0.3) is 0 Å². The van der Waals surface area contributed by atoms with Crippen LogP contribution in [0, 0.1) is 5.92 Å². The van der Waals surface area contributed by atoms with Crippen LogP contribution < -0.4 is 0 Å². The molecule has 0 amide bonds. The van der Waals surface area contributed by atoms with Crippen molar-refractivity contribution in [1.29, 1.82) is 0 Å². The summed E-state index contributed by atoms with van der Waals surface area (Å²) < 4.78 is 5.95. The lowest BCUT2D eigenvalue weighted by atomic mass is 9.84. The van der Waals surface area contributed by atoms with Gasteiger partial charge in [-0.15, -0.1) is 0 Å². The summed E-state index contributed by atoms with van der Waals surface area (Å²) in [5.74, 6) is 0.950. The molecule has 0 spiro atoms. The van der Waals surface area contributed by atoms with Crippen LogP contribution in [0.4, 0.5) is 0 Å². The van der Waals surface area contributed by atoms with Crippen molar-refractivity contribution < 1.29 is 4.74 Å². The third-order valence-corrected chi connectivity index (χ3v) is 5.61. The lowest BCUT2D eigenvalue weighted by Crippen LogP contribution is -2.48. The van der Waals surface area contributed by atoms with E-state index in [4.69, 9.17) is 4.74 Å². The number of ether oxygens (including phenoxy) is 1. The molecule has 0 radical (unpaired) electrons. The summed E-state index contributed by atoms with van der Waals surface area (Å²) in [6.45, 7) is 12.6. The van der Waals surface area contributed by atoms with Gasteiger partial charge < -0.3 is 9.64 Å². The van der Waals surface area contributed by atoms with E-state index in [1.54, 1.807) is 0 Å². The zero-order valence-electron chi connectivity index (χ0n) is 14.8. The maximum atomic E-state index is 5.95. The Balaban J connectivity index is 1.53. The highest BCUT2D eigenvalue weighted by molar-refractivity contribution is 7.80. The predicted octanol–water partition coefficient (Wildman–Crippen LogP) is 3.64. The van der Waals surface area contributed by atoms with E-state index in [9.17, 15) is 0 Å². The lowest BCUT2D eigenvalue weighted by Gasteiger charge is -2.36. The Hall–Kier alpha value is 0.230. The molecule has 3 nitrogen and oxygen atoms in total. The second kappa shape index (κ2) is 9.51. The predicted molar refractivity (Wildman–Crippen MR) is 97.7 cm³/mol. The second-order valence-electron chi connectivity index (χ2n) is 7.48. The molecule has 0 bridgehead atoms. The van der Waals surface area contributed by atoms with E-state index in [1.165, 1.54) is 71.2 Å². The van der Waals surface area contributed by atoms with Crippen LogP contribution >= 0.6 is 12.6 Å². The zero-order chi connectivity index (χ0) is 15.9. The molecular formula is C18H36N2OS. The Kier molecular flexibility index (Phi) is 8.02. The topological polar surface area (TPSA) is 15.7 Å². The standard InChI is InChI=1S/C18H36N2OS/c1-15(2)21-18-8-6-17(7-9-18)5-4-10-19-11-13-20(14-12-19)16(3)22/h15-18,22H,4-14H2,1-3H3. The highest BCUT2D eigenvalue weighted by Gasteiger charge is 2.23. The van der Waals surface area contributed by atoms with Gasteiger partial charge in [0.05, 0.1) is 12.2 Å². The van der Waals surface area contributed by atoms with Crippen LogP contribution in [0.2, 0.25) is 0 Å². The number of nitrogens with zero attached hydrogens (tertiary/aromatic N) is 2. The molecule has 0 aromatic carbocycles. The summed E-state index contributed by atoms with van der Waals surface area (Å²) in [5, 5.41) is 0.408. The molecule has 0 aromatic rings. The minimum absolute atomic E-state index is 0.389. The normalized spacial score (nSPS) is 29.9. The molecule has 130 valence electrons. The summed E-state index contributed by atoms with van der Waals surface area (Å²) in [7, 11) is 0. The molecule has 1 saturated heterocycles. The maximum absolute atomic E-state index is 5.95. The minimum atomic E-state index is 0.389. The summed E-state index contributed by atoms with van der Waals surface area (Å²) in [6.07, 6.45) is 9.02. The first-order chi connectivity index (χ1) is 10.5. The van der Waals surface area contributed by atoms with Gasteiger partial charge in [0.25, 0.3) is 0 Å². The van der Waals surface area contributed by atoms with E-state index in [0.717, 1.165) is 5.92 Å². The van der Waals surface area contributed by atoms with Gasteiger partial charge in [-0.2, -0.15) is 12.6 Å². The van der Waals surface area contributed by atoms with Gasteiger partial charge in [-0.1, -0.05) is 0 Å². The van der Waals surface area contributed by atoms with Gasteiger partial charge in [0.2, 0.25) is 0 Å². The molecule has 2 fully saturated rings.